The van der Waals surface area contributed by atoms with Gasteiger partial charge in [0.15, 0.2) is 23.2 Å². The topological polar surface area (TPSA) is 87.6 Å². The molecule has 2 fully saturated rings. The van der Waals surface area contributed by atoms with E-state index < -0.39 is 23.8 Å². The van der Waals surface area contributed by atoms with Crippen molar-refractivity contribution in [3.8, 4) is 5.75 Å². The number of hydrogen-bond donors (Lipinski definition) is 2. The van der Waals surface area contributed by atoms with Gasteiger partial charge in [-0.2, -0.15) is 13.2 Å². The Kier molecular flexibility index (Phi) is 8.00. The number of carboxylic acids is 1. The molecule has 2 aromatic carbocycles. The van der Waals surface area contributed by atoms with Crippen LogP contribution in [0.25, 0.3) is 11.0 Å². The van der Waals surface area contributed by atoms with E-state index in [1.165, 1.54) is 12.1 Å². The highest BCUT2D eigenvalue weighted by Gasteiger charge is 2.38. The number of ether oxygens (including phenoxy) is 1. The minimum absolute atomic E-state index is 0.0984. The number of halogens is 6. The van der Waals surface area contributed by atoms with E-state index in [-0.39, 0.29) is 11.9 Å². The van der Waals surface area contributed by atoms with Crippen LogP contribution in [0, 0.1) is 11.6 Å². The lowest BCUT2D eigenvalue weighted by Crippen LogP contribution is -2.39. The molecule has 1 saturated carbocycles. The normalized spacial score (nSPS) is 16.2. The number of rotatable bonds is 5. The van der Waals surface area contributed by atoms with Crippen LogP contribution in [0.1, 0.15) is 25.7 Å². The average molecular weight is 589 g/mol. The third-order valence-electron chi connectivity index (χ3n) is 5.70. The third-order valence-corrected chi connectivity index (χ3v) is 6.19. The van der Waals surface area contributed by atoms with Crippen molar-refractivity contribution in [3.05, 3.63) is 52.5 Å². The van der Waals surface area contributed by atoms with E-state index in [1.54, 1.807) is 0 Å². The van der Waals surface area contributed by atoms with Crippen LogP contribution in [0.4, 0.5) is 33.6 Å². The van der Waals surface area contributed by atoms with Crippen LogP contribution in [0.15, 0.2) is 40.9 Å². The number of nitrogens with one attached hydrogen (secondary N) is 1. The molecule has 2 N–H and O–H groups in total. The van der Waals surface area contributed by atoms with Gasteiger partial charge in [-0.1, -0.05) is 15.9 Å². The Labute approximate surface area is 216 Å². The van der Waals surface area contributed by atoms with Gasteiger partial charge < -0.3 is 20.1 Å². The van der Waals surface area contributed by atoms with Crippen LogP contribution >= 0.6 is 15.9 Å². The molecule has 13 heteroatoms. The molecule has 198 valence electrons. The molecule has 0 unspecified atom stereocenters. The molecular weight excluding hydrogens is 567 g/mol. The first kappa shape index (κ1) is 26.8. The second kappa shape index (κ2) is 11.0. The molecular formula is C24H22BrF5N4O3. The number of alkyl halides is 3. The van der Waals surface area contributed by atoms with Crippen LogP contribution in [0.5, 0.6) is 5.75 Å². The van der Waals surface area contributed by atoms with Crippen molar-refractivity contribution >= 4 is 44.6 Å². The minimum atomic E-state index is -5.08. The van der Waals surface area contributed by atoms with E-state index in [0.29, 0.717) is 6.04 Å². The SMILES string of the molecule is Fc1ccc(OC2CCN(c3nc4cc(Br)ccc4nc3NC3CC3)CC2)c(F)c1.O=C(O)C(F)(F)F. The molecule has 0 atom stereocenters. The number of carbonyl (C=O) groups is 1. The predicted octanol–water partition coefficient (Wildman–Crippen LogP) is 5.93. The summed E-state index contributed by atoms with van der Waals surface area (Å²) in [5.74, 6) is -2.27. The second-order valence-electron chi connectivity index (χ2n) is 8.63. The Morgan fingerprint density at radius 2 is 1.70 bits per heavy atom. The highest BCUT2D eigenvalue weighted by molar-refractivity contribution is 9.10. The van der Waals surface area contributed by atoms with Gasteiger partial charge in [0.25, 0.3) is 0 Å². The maximum atomic E-state index is 13.9. The summed E-state index contributed by atoms with van der Waals surface area (Å²) < 4.78 is 65.5. The van der Waals surface area contributed by atoms with Gasteiger partial charge in [-0.3, -0.25) is 0 Å². The lowest BCUT2D eigenvalue weighted by molar-refractivity contribution is -0.192. The highest BCUT2D eigenvalue weighted by atomic mass is 79.9. The molecule has 2 heterocycles. The van der Waals surface area contributed by atoms with Gasteiger partial charge in [0.05, 0.1) is 11.0 Å². The van der Waals surface area contributed by atoms with Crippen molar-refractivity contribution in [3.63, 3.8) is 0 Å². The zero-order chi connectivity index (χ0) is 26.7. The number of nitrogens with zero attached hydrogens (tertiary/aromatic N) is 3. The van der Waals surface area contributed by atoms with Crippen molar-refractivity contribution in [1.29, 1.82) is 0 Å². The van der Waals surface area contributed by atoms with Gasteiger partial charge in [-0.25, -0.2) is 23.5 Å². The van der Waals surface area contributed by atoms with Crippen LogP contribution < -0.4 is 15.0 Å². The molecule has 1 saturated heterocycles. The number of carboxylic acid groups (broad SMARTS) is 1. The number of anilines is 2. The third kappa shape index (κ3) is 7.18. The summed E-state index contributed by atoms with van der Waals surface area (Å²) in [5, 5.41) is 10.6. The molecule has 0 radical (unpaired) electrons. The zero-order valence-corrected chi connectivity index (χ0v) is 20.8. The summed E-state index contributed by atoms with van der Waals surface area (Å²) >= 11 is 3.50. The Balaban J connectivity index is 0.000000405. The predicted molar refractivity (Wildman–Crippen MR) is 130 cm³/mol. The van der Waals surface area contributed by atoms with Gasteiger partial charge >= 0.3 is 12.1 Å². The van der Waals surface area contributed by atoms with Crippen molar-refractivity contribution in [1.82, 2.24) is 9.97 Å². The van der Waals surface area contributed by atoms with Crippen molar-refractivity contribution in [2.75, 3.05) is 23.3 Å². The van der Waals surface area contributed by atoms with E-state index in [2.05, 4.69) is 26.1 Å². The van der Waals surface area contributed by atoms with Crippen molar-refractivity contribution in [2.45, 2.75) is 44.0 Å². The van der Waals surface area contributed by atoms with E-state index in [4.69, 9.17) is 24.6 Å². The van der Waals surface area contributed by atoms with Gasteiger partial charge in [-0.05, 0) is 43.2 Å². The van der Waals surface area contributed by atoms with Crippen LogP contribution in [-0.2, 0) is 4.79 Å². The number of hydrogen-bond acceptors (Lipinski definition) is 6. The maximum Gasteiger partial charge on any atom is 0.490 e. The molecule has 0 bridgehead atoms. The Bertz CT molecular complexity index is 1280. The number of aliphatic carboxylic acids is 1. The van der Waals surface area contributed by atoms with Crippen LogP contribution in [-0.4, -0.2) is 52.5 Å². The first-order valence-corrected chi connectivity index (χ1v) is 12.2. The first-order valence-electron chi connectivity index (χ1n) is 11.4. The standard InChI is InChI=1S/C22H21BrF2N4O.C2HF3O2/c23-13-1-5-18-19(11-13)28-22(21(27-18)26-15-3-4-15)29-9-7-16(8-10-29)30-20-6-2-14(24)12-17(20)25;3-2(4,5)1(6)7/h1-2,5-6,11-12,15-16H,3-4,7-10H2,(H,26,27);(H,6,7). The zero-order valence-electron chi connectivity index (χ0n) is 19.2. The summed E-state index contributed by atoms with van der Waals surface area (Å²) in [6, 6.07) is 9.78. The number of piperidine rings is 1. The van der Waals surface area contributed by atoms with E-state index in [9.17, 15) is 22.0 Å². The number of fused-ring (bicyclic) bond motifs is 1. The summed E-state index contributed by atoms with van der Waals surface area (Å²) in [4.78, 5) is 20.8. The van der Waals surface area contributed by atoms with Crippen LogP contribution in [0.3, 0.4) is 0 Å². The fourth-order valence-electron chi connectivity index (χ4n) is 3.69. The lowest BCUT2D eigenvalue weighted by Gasteiger charge is -2.33. The minimum Gasteiger partial charge on any atom is -0.487 e. The van der Waals surface area contributed by atoms with Gasteiger partial charge in [0, 0.05) is 42.5 Å². The molecule has 37 heavy (non-hydrogen) atoms. The van der Waals surface area contributed by atoms with Gasteiger partial charge in [-0.15, -0.1) is 0 Å². The Morgan fingerprint density at radius 3 is 2.30 bits per heavy atom. The van der Waals surface area contributed by atoms with Crippen molar-refractivity contribution in [2.24, 2.45) is 0 Å². The summed E-state index contributed by atoms with van der Waals surface area (Å²) in [5.41, 5.74) is 1.70. The fourth-order valence-corrected chi connectivity index (χ4v) is 4.04. The molecule has 0 amide bonds. The molecule has 3 aromatic rings. The Morgan fingerprint density at radius 1 is 1.03 bits per heavy atom. The molecule has 1 aliphatic carbocycles. The second-order valence-corrected chi connectivity index (χ2v) is 9.55. The van der Waals surface area contributed by atoms with E-state index in [0.717, 1.165) is 72.0 Å². The smallest absolute Gasteiger partial charge is 0.487 e. The fraction of sp³-hybridized carbons (Fsp3) is 0.375. The highest BCUT2D eigenvalue weighted by Crippen LogP contribution is 2.33. The molecule has 1 aliphatic heterocycles. The quantitative estimate of drug-likeness (QED) is 0.357. The molecule has 7 nitrogen and oxygen atoms in total. The average Bonchev–Trinajstić information content (AvgIpc) is 3.65. The lowest BCUT2D eigenvalue weighted by atomic mass is 10.1. The maximum absolute atomic E-state index is 13.9. The Hall–Kier alpha value is -3.22. The molecule has 1 aromatic heterocycles. The monoisotopic (exact) mass is 588 g/mol. The van der Waals surface area contributed by atoms with Crippen LogP contribution in [0.2, 0.25) is 0 Å². The van der Waals surface area contributed by atoms with Gasteiger partial charge in [0.2, 0.25) is 0 Å². The molecule has 5 rings (SSSR count). The van der Waals surface area contributed by atoms with Crippen molar-refractivity contribution < 1.29 is 36.6 Å². The molecule has 0 spiro atoms. The summed E-state index contributed by atoms with van der Waals surface area (Å²) in [7, 11) is 0. The first-order chi connectivity index (χ1) is 17.5. The summed E-state index contributed by atoms with van der Waals surface area (Å²) in [6.45, 7) is 1.45. The largest absolute Gasteiger partial charge is 0.490 e. The summed E-state index contributed by atoms with van der Waals surface area (Å²) in [6.07, 6.45) is -1.46. The van der Waals surface area contributed by atoms with E-state index >= 15 is 0 Å². The number of benzene rings is 2. The number of aromatic nitrogens is 2. The van der Waals surface area contributed by atoms with Gasteiger partial charge in [0.1, 0.15) is 11.9 Å². The van der Waals surface area contributed by atoms with E-state index in [1.807, 2.05) is 18.2 Å². The molecule has 2 aliphatic rings.